The lowest BCUT2D eigenvalue weighted by molar-refractivity contribution is -0.119. The SMILES string of the molecule is COCCN1C2=C(C(=O)CC(C)(C)C2)C(c2ccc(OCc3cccc(Cl)c3)c(Cl)c2)C2=C1CC(C)(C)CC2=O. The van der Waals surface area contributed by atoms with Crippen molar-refractivity contribution >= 4 is 34.8 Å². The molecule has 2 aromatic carbocycles. The van der Waals surface area contributed by atoms with Crippen LogP contribution in [-0.2, 0) is 20.9 Å². The fraction of sp³-hybridized carbons (Fsp3) is 0.455. The number of hydrogen-bond donors (Lipinski definition) is 0. The lowest BCUT2D eigenvalue weighted by Gasteiger charge is -2.49. The van der Waals surface area contributed by atoms with E-state index in [2.05, 4.69) is 32.6 Å². The summed E-state index contributed by atoms with van der Waals surface area (Å²) in [4.78, 5) is 30.0. The molecule has 0 N–H and O–H groups in total. The number of carbonyl (C=O) groups excluding carboxylic acids is 2. The number of nitrogens with zero attached hydrogens (tertiary/aromatic N) is 1. The van der Waals surface area contributed by atoms with Crippen LogP contribution in [0.5, 0.6) is 5.75 Å². The number of ether oxygens (including phenoxy) is 2. The Labute approximate surface area is 247 Å². The maximum absolute atomic E-state index is 13.9. The van der Waals surface area contributed by atoms with Crippen LogP contribution in [0.25, 0.3) is 0 Å². The van der Waals surface area contributed by atoms with Crippen LogP contribution in [0.3, 0.4) is 0 Å². The fourth-order valence-corrected chi connectivity index (χ4v) is 6.89. The third-order valence-corrected chi connectivity index (χ3v) is 8.64. The van der Waals surface area contributed by atoms with Crippen LogP contribution >= 0.6 is 23.2 Å². The van der Waals surface area contributed by atoms with Crippen molar-refractivity contribution in [2.45, 2.75) is 65.9 Å². The quantitative estimate of drug-likeness (QED) is 0.332. The molecule has 0 fully saturated rings. The molecule has 5 nitrogen and oxygen atoms in total. The van der Waals surface area contributed by atoms with E-state index in [0.717, 1.165) is 46.5 Å². The van der Waals surface area contributed by atoms with Gasteiger partial charge in [-0.1, -0.05) is 69.1 Å². The largest absolute Gasteiger partial charge is 0.487 e. The molecular formula is C33H37Cl2NO4. The van der Waals surface area contributed by atoms with Crippen LogP contribution < -0.4 is 4.74 Å². The minimum Gasteiger partial charge on any atom is -0.487 e. The van der Waals surface area contributed by atoms with E-state index in [1.54, 1.807) is 7.11 Å². The molecule has 7 heteroatoms. The van der Waals surface area contributed by atoms with Gasteiger partial charge >= 0.3 is 0 Å². The van der Waals surface area contributed by atoms with Crippen molar-refractivity contribution in [3.63, 3.8) is 0 Å². The van der Waals surface area contributed by atoms with E-state index < -0.39 is 5.92 Å². The Balaban J connectivity index is 1.59. The van der Waals surface area contributed by atoms with E-state index in [0.29, 0.717) is 48.4 Å². The van der Waals surface area contributed by atoms with Gasteiger partial charge in [-0.2, -0.15) is 0 Å². The summed E-state index contributed by atoms with van der Waals surface area (Å²) in [5, 5.41) is 1.09. The second kappa shape index (κ2) is 11.0. The topological polar surface area (TPSA) is 55.8 Å². The first-order valence-corrected chi connectivity index (χ1v) is 14.6. The predicted molar refractivity (Wildman–Crippen MR) is 159 cm³/mol. The van der Waals surface area contributed by atoms with Crippen molar-refractivity contribution < 1.29 is 19.1 Å². The predicted octanol–water partition coefficient (Wildman–Crippen LogP) is 7.90. The van der Waals surface area contributed by atoms with Gasteiger partial charge in [0.25, 0.3) is 0 Å². The highest BCUT2D eigenvalue weighted by molar-refractivity contribution is 6.32. The second-order valence-corrected chi connectivity index (χ2v) is 13.6. The molecule has 0 unspecified atom stereocenters. The first kappa shape index (κ1) is 28.9. The normalized spacial score (nSPS) is 20.5. The smallest absolute Gasteiger partial charge is 0.162 e. The summed E-state index contributed by atoms with van der Waals surface area (Å²) in [5.74, 6) is 0.287. The van der Waals surface area contributed by atoms with E-state index in [1.165, 1.54) is 0 Å². The van der Waals surface area contributed by atoms with Crippen molar-refractivity contribution in [2.75, 3.05) is 20.3 Å². The summed E-state index contributed by atoms with van der Waals surface area (Å²) in [5.41, 5.74) is 4.92. The highest BCUT2D eigenvalue weighted by Crippen LogP contribution is 2.54. The van der Waals surface area contributed by atoms with E-state index in [4.69, 9.17) is 32.7 Å². The van der Waals surface area contributed by atoms with Crippen molar-refractivity contribution in [2.24, 2.45) is 10.8 Å². The first-order chi connectivity index (χ1) is 18.9. The molecular weight excluding hydrogens is 545 g/mol. The molecule has 3 aliphatic rings. The van der Waals surface area contributed by atoms with E-state index in [-0.39, 0.29) is 22.4 Å². The van der Waals surface area contributed by atoms with E-state index in [9.17, 15) is 9.59 Å². The number of hydrogen-bond acceptors (Lipinski definition) is 5. The molecule has 1 heterocycles. The van der Waals surface area contributed by atoms with Crippen LogP contribution in [0.2, 0.25) is 10.0 Å². The number of methoxy groups -OCH3 is 1. The highest BCUT2D eigenvalue weighted by Gasteiger charge is 2.48. The van der Waals surface area contributed by atoms with Crippen molar-refractivity contribution in [3.05, 3.63) is 86.2 Å². The Hall–Kier alpha value is -2.60. The zero-order valence-electron chi connectivity index (χ0n) is 23.9. The Morgan fingerprint density at radius 1 is 0.875 bits per heavy atom. The van der Waals surface area contributed by atoms with Gasteiger partial charge in [-0.15, -0.1) is 0 Å². The van der Waals surface area contributed by atoms with E-state index in [1.807, 2.05) is 42.5 Å². The first-order valence-electron chi connectivity index (χ1n) is 13.8. The van der Waals surface area contributed by atoms with Crippen LogP contribution in [0, 0.1) is 10.8 Å². The maximum Gasteiger partial charge on any atom is 0.162 e. The number of rotatable bonds is 7. The van der Waals surface area contributed by atoms with Crippen LogP contribution in [0.15, 0.2) is 65.0 Å². The molecule has 0 aromatic heterocycles. The molecule has 0 spiro atoms. The summed E-state index contributed by atoms with van der Waals surface area (Å²) in [7, 11) is 1.68. The molecule has 0 radical (unpaired) electrons. The average molecular weight is 583 g/mol. The molecule has 2 aromatic rings. The Morgan fingerprint density at radius 2 is 1.50 bits per heavy atom. The summed E-state index contributed by atoms with van der Waals surface area (Å²) in [6.07, 6.45) is 2.40. The monoisotopic (exact) mass is 581 g/mol. The molecule has 1 aliphatic heterocycles. The van der Waals surface area contributed by atoms with Gasteiger partial charge < -0.3 is 14.4 Å². The van der Waals surface area contributed by atoms with Gasteiger partial charge in [-0.25, -0.2) is 0 Å². The standard InChI is InChI=1S/C33H37Cl2NO4/c1-32(2)15-24-30(26(37)17-32)29(31-25(36(24)11-12-39-5)16-33(3,4)18-27(31)38)21-9-10-28(23(35)14-21)40-19-20-7-6-8-22(34)13-20/h6-10,13-14,29H,11-12,15-19H2,1-5H3. The molecule has 5 rings (SSSR count). The lowest BCUT2D eigenvalue weighted by atomic mass is 9.63. The van der Waals surface area contributed by atoms with Gasteiger partial charge in [0.2, 0.25) is 0 Å². The minimum absolute atomic E-state index is 0.0975. The number of halogens is 2. The molecule has 212 valence electrons. The van der Waals surface area contributed by atoms with Gasteiger partial charge in [0.15, 0.2) is 11.6 Å². The molecule has 0 saturated carbocycles. The lowest BCUT2D eigenvalue weighted by Crippen LogP contribution is -2.45. The zero-order valence-corrected chi connectivity index (χ0v) is 25.4. The number of carbonyl (C=O) groups is 2. The number of allylic oxidation sites excluding steroid dienone is 4. The molecule has 2 aliphatic carbocycles. The molecule has 0 atom stereocenters. The van der Waals surface area contributed by atoms with E-state index >= 15 is 0 Å². The van der Waals surface area contributed by atoms with Crippen LogP contribution in [0.1, 0.15) is 70.4 Å². The Morgan fingerprint density at radius 3 is 2.05 bits per heavy atom. The molecule has 0 bridgehead atoms. The summed E-state index contributed by atoms with van der Waals surface area (Å²) < 4.78 is 11.5. The highest BCUT2D eigenvalue weighted by atomic mass is 35.5. The van der Waals surface area contributed by atoms with Crippen molar-refractivity contribution in [1.82, 2.24) is 4.90 Å². The van der Waals surface area contributed by atoms with Crippen LogP contribution in [0.4, 0.5) is 0 Å². The number of ketones is 2. The summed E-state index contributed by atoms with van der Waals surface area (Å²) in [6, 6.07) is 13.2. The second-order valence-electron chi connectivity index (χ2n) is 12.8. The molecule has 40 heavy (non-hydrogen) atoms. The average Bonchev–Trinajstić information content (AvgIpc) is 2.85. The van der Waals surface area contributed by atoms with Gasteiger partial charge in [0.05, 0.1) is 11.6 Å². The third-order valence-electron chi connectivity index (χ3n) is 8.11. The Kier molecular flexibility index (Phi) is 7.95. The van der Waals surface area contributed by atoms with Crippen molar-refractivity contribution in [3.8, 4) is 5.75 Å². The molecule has 0 amide bonds. The van der Waals surface area contributed by atoms with Gasteiger partial charge in [0, 0.05) is 60.0 Å². The minimum atomic E-state index is -0.449. The van der Waals surface area contributed by atoms with Gasteiger partial charge in [-0.3, -0.25) is 9.59 Å². The summed E-state index contributed by atoms with van der Waals surface area (Å²) >= 11 is 12.9. The van der Waals surface area contributed by atoms with Crippen molar-refractivity contribution in [1.29, 1.82) is 0 Å². The van der Waals surface area contributed by atoms with Crippen LogP contribution in [-0.4, -0.2) is 36.7 Å². The third kappa shape index (κ3) is 5.74. The fourth-order valence-electron chi connectivity index (χ4n) is 6.44. The number of benzene rings is 2. The summed E-state index contributed by atoms with van der Waals surface area (Å²) in [6.45, 7) is 9.99. The maximum atomic E-state index is 13.9. The zero-order chi connectivity index (χ0) is 28.8. The molecule has 0 saturated heterocycles. The van der Waals surface area contributed by atoms with Gasteiger partial charge in [-0.05, 0) is 59.1 Å². The Bertz CT molecular complexity index is 1370. The number of Topliss-reactive ketones (excluding diaryl/α,β-unsaturated/α-hetero) is 2. The van der Waals surface area contributed by atoms with Gasteiger partial charge in [0.1, 0.15) is 12.4 Å².